The minimum Gasteiger partial charge on any atom is -0.444 e. The number of likely N-dealkylation sites (tertiary alicyclic amines) is 1. The van der Waals surface area contributed by atoms with Crippen LogP contribution in [0.25, 0.3) is 0 Å². The first kappa shape index (κ1) is 33.1. The van der Waals surface area contributed by atoms with Crippen LogP contribution in [0.5, 0.6) is 0 Å². The number of alkyl carbamates (subject to hydrolysis) is 1. The van der Waals surface area contributed by atoms with Gasteiger partial charge in [0.05, 0.1) is 0 Å². The van der Waals surface area contributed by atoms with E-state index in [9.17, 15) is 9.18 Å². The fourth-order valence-corrected chi connectivity index (χ4v) is 2.02. The second kappa shape index (κ2) is 16.6. The average Bonchev–Trinajstić information content (AvgIpc) is 2.42. The van der Waals surface area contributed by atoms with Crippen molar-refractivity contribution in [1.82, 2.24) is 10.2 Å². The number of nitrogens with zero attached hydrogens (tertiary/aromatic N) is 1. The Morgan fingerprint density at radius 3 is 1.92 bits per heavy atom. The first-order valence-corrected chi connectivity index (χ1v) is 7.71. The molecule has 4 nitrogen and oxygen atoms in total. The number of hydrogen-bond donors (Lipinski definition) is 1. The Morgan fingerprint density at radius 1 is 1.12 bits per heavy atom. The van der Waals surface area contributed by atoms with Gasteiger partial charge >= 0.3 is 6.09 Å². The topological polar surface area (TPSA) is 41.6 Å². The Balaban J connectivity index is -0.000000163. The molecule has 1 N–H and O–H groups in total. The fraction of sp³-hybridized carbons (Fsp3) is 0.650. The summed E-state index contributed by atoms with van der Waals surface area (Å²) in [6.07, 6.45) is -0.240. The molecule has 1 aliphatic rings. The molecule has 1 fully saturated rings. The Kier molecular flexibility index (Phi) is 21.2. The van der Waals surface area contributed by atoms with E-state index in [1.54, 1.807) is 7.05 Å². The summed E-state index contributed by atoms with van der Waals surface area (Å²) in [7, 11) is 1.57. The predicted octanol–water partition coefficient (Wildman–Crippen LogP) is 5.29. The largest absolute Gasteiger partial charge is 0.444 e. The van der Waals surface area contributed by atoms with Crippen LogP contribution in [-0.4, -0.2) is 43.3 Å². The zero-order chi connectivity index (χ0) is 16.7. The van der Waals surface area contributed by atoms with Gasteiger partial charge in [-0.2, -0.15) is 0 Å². The van der Waals surface area contributed by atoms with Crippen LogP contribution >= 0.6 is 0 Å². The summed E-state index contributed by atoms with van der Waals surface area (Å²) in [6.45, 7) is 10.2. The van der Waals surface area contributed by atoms with Gasteiger partial charge in [0.2, 0.25) is 0 Å². The third-order valence-electron chi connectivity index (χ3n) is 3.62. The van der Waals surface area contributed by atoms with Crippen molar-refractivity contribution < 1.29 is 46.6 Å². The zero-order valence-corrected chi connectivity index (χ0v) is 17.5. The number of ether oxygens (including phenoxy) is 1. The molecule has 0 saturated carbocycles. The van der Waals surface area contributed by atoms with Crippen LogP contribution in [0, 0.1) is 5.82 Å². The average molecular weight is 447 g/mol. The summed E-state index contributed by atoms with van der Waals surface area (Å²) in [6, 6.07) is 7.18. The molecule has 1 aliphatic heterocycles. The second-order valence-electron chi connectivity index (χ2n) is 6.03. The summed E-state index contributed by atoms with van der Waals surface area (Å²) < 4.78 is 17.4. The molecule has 151 valence electrons. The molecule has 0 unspecified atom stereocenters. The second-order valence-corrected chi connectivity index (χ2v) is 6.03. The number of rotatable bonds is 3. The van der Waals surface area contributed by atoms with Gasteiger partial charge in [0, 0.05) is 58.9 Å². The molecule has 2 rings (SSSR count). The normalized spacial score (nSPS) is 12.8. The van der Waals surface area contributed by atoms with Crippen LogP contribution in [0.15, 0.2) is 24.3 Å². The molecular weight excluding hydrogens is 408 g/mol. The van der Waals surface area contributed by atoms with Gasteiger partial charge in [0.15, 0.2) is 0 Å². The maximum absolute atomic E-state index is 12.4. The van der Waals surface area contributed by atoms with E-state index < -0.39 is 0 Å². The van der Waals surface area contributed by atoms with E-state index in [4.69, 9.17) is 4.74 Å². The zero-order valence-electron chi connectivity index (χ0n) is 14.7. The van der Waals surface area contributed by atoms with Crippen LogP contribution < -0.4 is 5.32 Å². The summed E-state index contributed by atoms with van der Waals surface area (Å²) in [5.74, 6) is 0.324. The van der Waals surface area contributed by atoms with E-state index in [1.807, 2.05) is 12.1 Å². The first-order chi connectivity index (χ1) is 10.3. The third kappa shape index (κ3) is 12.0. The van der Waals surface area contributed by atoms with Crippen molar-refractivity contribution in [2.45, 2.75) is 68.0 Å². The van der Waals surface area contributed by atoms with Crippen molar-refractivity contribution in [1.29, 1.82) is 0 Å². The van der Waals surface area contributed by atoms with Crippen molar-refractivity contribution in [2.75, 3.05) is 20.1 Å². The molecule has 0 aromatic heterocycles. The van der Waals surface area contributed by atoms with E-state index in [-0.39, 0.29) is 73.0 Å². The predicted molar refractivity (Wildman–Crippen MR) is 107 cm³/mol. The number of carbonyl (C=O) groups excluding carboxylic acids is 1. The molecule has 6 heteroatoms. The van der Waals surface area contributed by atoms with E-state index in [2.05, 4.69) is 37.9 Å². The maximum Gasteiger partial charge on any atom is 0.407 e. The Bertz CT molecular complexity index is 461. The van der Waals surface area contributed by atoms with Gasteiger partial charge in [-0.05, 0) is 37.5 Å². The van der Waals surface area contributed by atoms with Crippen molar-refractivity contribution >= 4 is 6.09 Å². The summed E-state index contributed by atoms with van der Waals surface area (Å²) >= 11 is 0. The van der Waals surface area contributed by atoms with Crippen LogP contribution in [0.1, 0.15) is 61.5 Å². The molecular formula is C20H39FN2O2Y. The minimum absolute atomic E-state index is 0. The Hall–Kier alpha value is -0.516. The molecule has 1 amide bonds. The van der Waals surface area contributed by atoms with Gasteiger partial charge in [-0.3, -0.25) is 4.90 Å². The van der Waals surface area contributed by atoms with Crippen LogP contribution in [0.3, 0.4) is 0 Å². The summed E-state index contributed by atoms with van der Waals surface area (Å²) in [4.78, 5) is 13.0. The smallest absolute Gasteiger partial charge is 0.407 e. The fourth-order valence-electron chi connectivity index (χ4n) is 2.02. The molecule has 0 aliphatic carbocycles. The van der Waals surface area contributed by atoms with E-state index in [1.165, 1.54) is 17.7 Å². The standard InChI is InChI=1S/C9H11F.C8H16N2O2.3CH4.Y/c1-7(2)8-3-5-9(10)6-4-8;1-6(2)10-4-7(5-10)12-8(11)9-3;;;;/h3-7H,1-2H3;6-7H,4-5H2,1-3H3,(H,9,11);3*1H4;. The van der Waals surface area contributed by atoms with Gasteiger partial charge in [-0.25, -0.2) is 9.18 Å². The van der Waals surface area contributed by atoms with Crippen LogP contribution in [0.4, 0.5) is 9.18 Å². The number of amides is 1. The Labute approximate surface area is 186 Å². The van der Waals surface area contributed by atoms with Crippen molar-refractivity contribution in [3.8, 4) is 0 Å². The van der Waals surface area contributed by atoms with Crippen LogP contribution in [-0.2, 0) is 37.4 Å². The molecule has 0 atom stereocenters. The van der Waals surface area contributed by atoms with Gasteiger partial charge in [-0.1, -0.05) is 48.3 Å². The number of nitrogens with one attached hydrogen (secondary N) is 1. The SMILES string of the molecule is C.C.C.CC(C)c1ccc(F)cc1.CNC(=O)OC1CN(C(C)C)C1.[Y]. The molecule has 0 bridgehead atoms. The van der Waals surface area contributed by atoms with E-state index in [0.717, 1.165) is 13.1 Å². The number of halogens is 1. The van der Waals surface area contributed by atoms with Crippen molar-refractivity contribution in [2.24, 2.45) is 0 Å². The minimum atomic E-state index is -0.330. The molecule has 1 aromatic rings. The monoisotopic (exact) mass is 447 g/mol. The van der Waals surface area contributed by atoms with Gasteiger partial charge in [-0.15, -0.1) is 0 Å². The third-order valence-corrected chi connectivity index (χ3v) is 3.62. The molecule has 1 heterocycles. The van der Waals surface area contributed by atoms with Gasteiger partial charge < -0.3 is 10.1 Å². The summed E-state index contributed by atoms with van der Waals surface area (Å²) in [5, 5.41) is 2.43. The van der Waals surface area contributed by atoms with Gasteiger partial charge in [0.25, 0.3) is 0 Å². The maximum atomic E-state index is 12.4. The molecule has 1 aromatic carbocycles. The van der Waals surface area contributed by atoms with Crippen molar-refractivity contribution in [3.63, 3.8) is 0 Å². The van der Waals surface area contributed by atoms with Crippen LogP contribution in [0.2, 0.25) is 0 Å². The molecule has 1 saturated heterocycles. The molecule has 0 spiro atoms. The molecule has 1 radical (unpaired) electrons. The van der Waals surface area contributed by atoms with E-state index in [0.29, 0.717) is 12.0 Å². The number of hydrogen-bond acceptors (Lipinski definition) is 3. The van der Waals surface area contributed by atoms with E-state index >= 15 is 0 Å². The van der Waals surface area contributed by atoms with Gasteiger partial charge in [0.1, 0.15) is 11.9 Å². The molecule has 26 heavy (non-hydrogen) atoms. The summed E-state index contributed by atoms with van der Waals surface area (Å²) in [5.41, 5.74) is 1.18. The number of benzene rings is 1. The quantitative estimate of drug-likeness (QED) is 0.685. The first-order valence-electron chi connectivity index (χ1n) is 7.71. The Morgan fingerprint density at radius 2 is 1.58 bits per heavy atom. The van der Waals surface area contributed by atoms with Crippen molar-refractivity contribution in [3.05, 3.63) is 35.6 Å². The number of carbonyl (C=O) groups is 1.